The molecule has 4 nitrogen and oxygen atoms in total. The second kappa shape index (κ2) is 6.62. The molecule has 0 amide bonds. The standard InChI is InChI=1S/C18H22N2O2S/c1-15-8-3-4-11-18(15)23(21,22)19-16-9-7-10-17(14-16)20-12-5-2-6-13-20/h3-4,7-11,14,19H,2,5-6,12-13H2,1H3. The average Bonchev–Trinajstić information content (AvgIpc) is 2.56. The third-order valence-electron chi connectivity index (χ3n) is 4.20. The lowest BCUT2D eigenvalue weighted by Gasteiger charge is -2.29. The number of nitrogens with zero attached hydrogens (tertiary/aromatic N) is 1. The summed E-state index contributed by atoms with van der Waals surface area (Å²) in [6.45, 7) is 3.88. The Hall–Kier alpha value is -2.01. The van der Waals surface area contributed by atoms with Gasteiger partial charge >= 0.3 is 0 Å². The summed E-state index contributed by atoms with van der Waals surface area (Å²) in [5, 5.41) is 0. The fourth-order valence-electron chi connectivity index (χ4n) is 2.99. The first-order valence-corrected chi connectivity index (χ1v) is 9.48. The minimum atomic E-state index is -3.56. The van der Waals surface area contributed by atoms with Crippen LogP contribution in [0.4, 0.5) is 11.4 Å². The molecule has 1 aliphatic heterocycles. The van der Waals surface area contributed by atoms with Gasteiger partial charge in [-0.05, 0) is 56.0 Å². The number of hydrogen-bond donors (Lipinski definition) is 1. The molecule has 2 aromatic carbocycles. The van der Waals surface area contributed by atoms with Gasteiger partial charge in [0.2, 0.25) is 0 Å². The van der Waals surface area contributed by atoms with Gasteiger partial charge < -0.3 is 4.90 Å². The molecule has 0 atom stereocenters. The molecule has 2 aromatic rings. The van der Waals surface area contributed by atoms with E-state index in [2.05, 4.69) is 9.62 Å². The summed E-state index contributed by atoms with van der Waals surface area (Å²) >= 11 is 0. The molecule has 3 rings (SSSR count). The van der Waals surface area contributed by atoms with Gasteiger partial charge in [0.1, 0.15) is 0 Å². The maximum atomic E-state index is 12.6. The number of benzene rings is 2. The van der Waals surface area contributed by atoms with Crippen molar-refractivity contribution in [3.8, 4) is 0 Å². The van der Waals surface area contributed by atoms with Gasteiger partial charge in [-0.1, -0.05) is 24.3 Å². The predicted octanol–water partition coefficient (Wildman–Crippen LogP) is 3.79. The highest BCUT2D eigenvalue weighted by Gasteiger charge is 2.17. The minimum Gasteiger partial charge on any atom is -0.371 e. The van der Waals surface area contributed by atoms with Crippen LogP contribution in [0.3, 0.4) is 0 Å². The second-order valence-corrected chi connectivity index (χ2v) is 7.62. The maximum absolute atomic E-state index is 12.6. The Morgan fingerprint density at radius 3 is 2.43 bits per heavy atom. The van der Waals surface area contributed by atoms with E-state index in [9.17, 15) is 8.42 Å². The molecule has 1 saturated heterocycles. The highest BCUT2D eigenvalue weighted by atomic mass is 32.2. The fraction of sp³-hybridized carbons (Fsp3) is 0.333. The van der Waals surface area contributed by atoms with Crippen LogP contribution in [0.2, 0.25) is 0 Å². The summed E-state index contributed by atoms with van der Waals surface area (Å²) in [7, 11) is -3.56. The molecule has 0 unspecified atom stereocenters. The van der Waals surface area contributed by atoms with Crippen molar-refractivity contribution in [2.45, 2.75) is 31.1 Å². The molecule has 0 spiro atoms. The molecule has 0 radical (unpaired) electrons. The van der Waals surface area contributed by atoms with Crippen LogP contribution in [0, 0.1) is 6.92 Å². The highest BCUT2D eigenvalue weighted by molar-refractivity contribution is 7.92. The van der Waals surface area contributed by atoms with Crippen molar-refractivity contribution in [1.82, 2.24) is 0 Å². The van der Waals surface area contributed by atoms with E-state index in [1.54, 1.807) is 31.2 Å². The van der Waals surface area contributed by atoms with Crippen LogP contribution in [-0.4, -0.2) is 21.5 Å². The van der Waals surface area contributed by atoms with Gasteiger partial charge in [-0.3, -0.25) is 4.72 Å². The Balaban J connectivity index is 1.84. The van der Waals surface area contributed by atoms with Gasteiger partial charge in [-0.2, -0.15) is 0 Å². The van der Waals surface area contributed by atoms with Gasteiger partial charge in [0, 0.05) is 18.8 Å². The summed E-state index contributed by atoms with van der Waals surface area (Å²) in [6.07, 6.45) is 3.66. The molecule has 1 heterocycles. The molecule has 0 saturated carbocycles. The van der Waals surface area contributed by atoms with Crippen LogP contribution >= 0.6 is 0 Å². The van der Waals surface area contributed by atoms with Crippen LogP contribution < -0.4 is 9.62 Å². The zero-order chi connectivity index (χ0) is 16.3. The van der Waals surface area contributed by atoms with Gasteiger partial charge in [-0.25, -0.2) is 8.42 Å². The molecular weight excluding hydrogens is 308 g/mol. The number of aryl methyl sites for hydroxylation is 1. The Kier molecular flexibility index (Phi) is 4.57. The van der Waals surface area contributed by atoms with Crippen molar-refractivity contribution < 1.29 is 8.42 Å². The molecule has 5 heteroatoms. The summed E-state index contributed by atoms with van der Waals surface area (Å²) in [4.78, 5) is 2.64. The van der Waals surface area contributed by atoms with E-state index >= 15 is 0 Å². The normalized spacial score (nSPS) is 15.4. The topological polar surface area (TPSA) is 49.4 Å². The summed E-state index contributed by atoms with van der Waals surface area (Å²) in [6, 6.07) is 14.7. The van der Waals surface area contributed by atoms with E-state index in [4.69, 9.17) is 0 Å². The van der Waals surface area contributed by atoms with Gasteiger partial charge in [0.05, 0.1) is 10.6 Å². The third-order valence-corrected chi connectivity index (χ3v) is 5.74. The van der Waals surface area contributed by atoms with Crippen LogP contribution in [0.1, 0.15) is 24.8 Å². The van der Waals surface area contributed by atoms with E-state index in [0.717, 1.165) is 24.3 Å². The van der Waals surface area contributed by atoms with Crippen molar-refractivity contribution >= 4 is 21.4 Å². The quantitative estimate of drug-likeness (QED) is 0.928. The first-order chi connectivity index (χ1) is 11.1. The Labute approximate surface area is 138 Å². The second-order valence-electron chi connectivity index (χ2n) is 5.97. The molecule has 122 valence electrons. The van der Waals surface area contributed by atoms with E-state index < -0.39 is 10.0 Å². The lowest BCUT2D eigenvalue weighted by Crippen LogP contribution is -2.29. The number of piperidine rings is 1. The molecule has 0 aliphatic carbocycles. The monoisotopic (exact) mass is 330 g/mol. The Morgan fingerprint density at radius 2 is 1.70 bits per heavy atom. The minimum absolute atomic E-state index is 0.323. The predicted molar refractivity (Wildman–Crippen MR) is 94.5 cm³/mol. The smallest absolute Gasteiger partial charge is 0.262 e. The van der Waals surface area contributed by atoms with Crippen molar-refractivity contribution in [3.05, 3.63) is 54.1 Å². The SMILES string of the molecule is Cc1ccccc1S(=O)(=O)Nc1cccc(N2CCCCC2)c1. The number of nitrogens with one attached hydrogen (secondary N) is 1. The Morgan fingerprint density at radius 1 is 0.957 bits per heavy atom. The molecule has 1 fully saturated rings. The van der Waals surface area contributed by atoms with E-state index in [1.165, 1.54) is 19.3 Å². The zero-order valence-electron chi connectivity index (χ0n) is 13.3. The van der Waals surface area contributed by atoms with E-state index in [0.29, 0.717) is 10.6 Å². The van der Waals surface area contributed by atoms with Crippen molar-refractivity contribution in [3.63, 3.8) is 0 Å². The van der Waals surface area contributed by atoms with Crippen molar-refractivity contribution in [2.75, 3.05) is 22.7 Å². The summed E-state index contributed by atoms with van der Waals surface area (Å²) in [5.74, 6) is 0. The van der Waals surface area contributed by atoms with Gasteiger partial charge in [-0.15, -0.1) is 0 Å². The number of sulfonamides is 1. The molecular formula is C18H22N2O2S. The van der Waals surface area contributed by atoms with Gasteiger partial charge in [0.15, 0.2) is 0 Å². The Bertz CT molecular complexity index is 781. The summed E-state index contributed by atoms with van der Waals surface area (Å²) < 4.78 is 27.9. The van der Waals surface area contributed by atoms with E-state index in [1.807, 2.05) is 24.3 Å². The molecule has 0 bridgehead atoms. The van der Waals surface area contributed by atoms with Crippen LogP contribution in [-0.2, 0) is 10.0 Å². The molecule has 1 N–H and O–H groups in total. The van der Waals surface area contributed by atoms with Crippen LogP contribution in [0.15, 0.2) is 53.4 Å². The van der Waals surface area contributed by atoms with Crippen LogP contribution in [0.25, 0.3) is 0 Å². The first kappa shape index (κ1) is 15.9. The zero-order valence-corrected chi connectivity index (χ0v) is 14.1. The molecule has 1 aliphatic rings. The third kappa shape index (κ3) is 3.67. The number of anilines is 2. The maximum Gasteiger partial charge on any atom is 0.262 e. The lowest BCUT2D eigenvalue weighted by atomic mass is 10.1. The largest absolute Gasteiger partial charge is 0.371 e. The molecule has 23 heavy (non-hydrogen) atoms. The van der Waals surface area contributed by atoms with Crippen molar-refractivity contribution in [2.24, 2.45) is 0 Å². The highest BCUT2D eigenvalue weighted by Crippen LogP contribution is 2.25. The first-order valence-electron chi connectivity index (χ1n) is 8.00. The summed E-state index contributed by atoms with van der Waals surface area (Å²) in [5.41, 5.74) is 2.43. The molecule has 0 aromatic heterocycles. The fourth-order valence-corrected chi connectivity index (χ4v) is 4.28. The number of rotatable bonds is 4. The average molecular weight is 330 g/mol. The van der Waals surface area contributed by atoms with Gasteiger partial charge in [0.25, 0.3) is 10.0 Å². The van der Waals surface area contributed by atoms with E-state index in [-0.39, 0.29) is 0 Å². The number of hydrogen-bond acceptors (Lipinski definition) is 3. The van der Waals surface area contributed by atoms with Crippen LogP contribution in [0.5, 0.6) is 0 Å². The lowest BCUT2D eigenvalue weighted by molar-refractivity contribution is 0.578. The van der Waals surface area contributed by atoms with Crippen molar-refractivity contribution in [1.29, 1.82) is 0 Å².